The highest BCUT2D eigenvalue weighted by molar-refractivity contribution is 5.99. The monoisotopic (exact) mass is 389 g/mol. The maximum Gasteiger partial charge on any atom is 0.349 e. The van der Waals surface area contributed by atoms with E-state index >= 15 is 0 Å². The van der Waals surface area contributed by atoms with Crippen LogP contribution in [0.1, 0.15) is 44.1 Å². The number of amides is 1. The molecule has 1 N–H and O–H groups in total. The predicted octanol–water partition coefficient (Wildman–Crippen LogP) is 2.75. The molecule has 1 amide bonds. The Morgan fingerprint density at radius 3 is 2.57 bits per heavy atom. The Bertz CT molecular complexity index is 756. The summed E-state index contributed by atoms with van der Waals surface area (Å²) in [4.78, 5) is 24.0. The molecule has 1 atom stereocenters. The number of hydrogen-bond acceptors (Lipinski definition) is 5. The standard InChI is InChI=1S/C21H31N3O4/c1-14(2)7-8-24-16(4)9-18(17(24)5)10-19(11-22)21(26)28-13-20(25)23-15(3)12-27-6/h9-10,14-15H,7-8,12-13H2,1-6H3,(H,23,25)/b19-10+. The molecule has 0 aliphatic carbocycles. The number of ether oxygens (including phenoxy) is 2. The lowest BCUT2D eigenvalue weighted by Gasteiger charge is -2.12. The minimum absolute atomic E-state index is 0.137. The molecule has 0 radical (unpaired) electrons. The van der Waals surface area contributed by atoms with Crippen LogP contribution in [-0.4, -0.2) is 42.8 Å². The first kappa shape index (κ1) is 23.4. The van der Waals surface area contributed by atoms with Crippen molar-refractivity contribution in [3.8, 4) is 6.07 Å². The zero-order valence-electron chi connectivity index (χ0n) is 17.7. The van der Waals surface area contributed by atoms with Gasteiger partial charge in [-0.3, -0.25) is 4.79 Å². The first-order chi connectivity index (χ1) is 13.2. The van der Waals surface area contributed by atoms with Crippen LogP contribution in [-0.2, 0) is 25.6 Å². The summed E-state index contributed by atoms with van der Waals surface area (Å²) < 4.78 is 12.1. The molecule has 154 valence electrons. The highest BCUT2D eigenvalue weighted by Crippen LogP contribution is 2.20. The molecule has 0 aromatic carbocycles. The van der Waals surface area contributed by atoms with Crippen molar-refractivity contribution in [3.05, 3.63) is 28.6 Å². The zero-order chi connectivity index (χ0) is 21.3. The number of aryl methyl sites for hydroxylation is 1. The summed E-state index contributed by atoms with van der Waals surface area (Å²) in [5.41, 5.74) is 2.72. The fourth-order valence-electron chi connectivity index (χ4n) is 2.81. The molecule has 7 nitrogen and oxygen atoms in total. The van der Waals surface area contributed by atoms with Crippen molar-refractivity contribution in [3.63, 3.8) is 0 Å². The first-order valence-corrected chi connectivity index (χ1v) is 9.43. The molecule has 0 spiro atoms. The highest BCUT2D eigenvalue weighted by atomic mass is 16.5. The zero-order valence-corrected chi connectivity index (χ0v) is 17.7. The van der Waals surface area contributed by atoms with E-state index in [1.165, 1.54) is 13.2 Å². The van der Waals surface area contributed by atoms with Gasteiger partial charge in [-0.15, -0.1) is 0 Å². The summed E-state index contributed by atoms with van der Waals surface area (Å²) in [6.07, 6.45) is 2.56. The SMILES string of the molecule is COCC(C)NC(=O)COC(=O)/C(C#N)=C/c1cc(C)n(CCC(C)C)c1C. The molecule has 0 aliphatic heterocycles. The van der Waals surface area contributed by atoms with E-state index in [0.717, 1.165) is 29.9 Å². The topological polar surface area (TPSA) is 93.3 Å². The van der Waals surface area contributed by atoms with Crippen LogP contribution in [0.15, 0.2) is 11.6 Å². The Morgan fingerprint density at radius 2 is 2.00 bits per heavy atom. The van der Waals surface area contributed by atoms with Gasteiger partial charge in [-0.05, 0) is 50.8 Å². The number of nitrogens with zero attached hydrogens (tertiary/aromatic N) is 2. The van der Waals surface area contributed by atoms with E-state index in [4.69, 9.17) is 9.47 Å². The first-order valence-electron chi connectivity index (χ1n) is 9.43. The molecule has 0 saturated carbocycles. The molecular weight excluding hydrogens is 358 g/mol. The number of rotatable bonds is 10. The van der Waals surface area contributed by atoms with E-state index in [1.54, 1.807) is 6.92 Å². The van der Waals surface area contributed by atoms with Crippen LogP contribution in [0.3, 0.4) is 0 Å². The fraction of sp³-hybridized carbons (Fsp3) is 0.571. The minimum atomic E-state index is -0.816. The highest BCUT2D eigenvalue weighted by Gasteiger charge is 2.16. The molecule has 1 unspecified atom stereocenters. The molecule has 0 fully saturated rings. The average Bonchev–Trinajstić information content (AvgIpc) is 2.89. The maximum absolute atomic E-state index is 12.2. The summed E-state index contributed by atoms with van der Waals surface area (Å²) >= 11 is 0. The van der Waals surface area contributed by atoms with E-state index in [2.05, 4.69) is 23.7 Å². The van der Waals surface area contributed by atoms with Crippen molar-refractivity contribution < 1.29 is 19.1 Å². The van der Waals surface area contributed by atoms with Gasteiger partial charge in [-0.1, -0.05) is 13.8 Å². The molecular formula is C21H31N3O4. The second-order valence-electron chi connectivity index (χ2n) is 7.33. The minimum Gasteiger partial charge on any atom is -0.451 e. The van der Waals surface area contributed by atoms with Crippen LogP contribution in [0.5, 0.6) is 0 Å². The molecule has 28 heavy (non-hydrogen) atoms. The number of methoxy groups -OCH3 is 1. The van der Waals surface area contributed by atoms with Crippen LogP contribution in [0.2, 0.25) is 0 Å². The molecule has 0 aliphatic rings. The van der Waals surface area contributed by atoms with Gasteiger partial charge < -0.3 is 19.4 Å². The normalized spacial score (nSPS) is 12.6. The lowest BCUT2D eigenvalue weighted by molar-refractivity contribution is -0.144. The van der Waals surface area contributed by atoms with Crippen molar-refractivity contribution in [2.24, 2.45) is 5.92 Å². The number of nitriles is 1. The van der Waals surface area contributed by atoms with E-state index in [1.807, 2.05) is 26.0 Å². The van der Waals surface area contributed by atoms with Gasteiger partial charge in [0.1, 0.15) is 11.6 Å². The summed E-state index contributed by atoms with van der Waals surface area (Å²) in [6, 6.07) is 3.61. The van der Waals surface area contributed by atoms with Crippen LogP contribution in [0, 0.1) is 31.1 Å². The molecule has 1 heterocycles. The second-order valence-corrected chi connectivity index (χ2v) is 7.33. The van der Waals surface area contributed by atoms with Gasteiger partial charge in [-0.25, -0.2) is 4.79 Å². The smallest absolute Gasteiger partial charge is 0.349 e. The van der Waals surface area contributed by atoms with Gasteiger partial charge in [0.2, 0.25) is 0 Å². The number of esters is 1. The number of aromatic nitrogens is 1. The summed E-state index contributed by atoms with van der Waals surface area (Å²) in [7, 11) is 1.53. The van der Waals surface area contributed by atoms with Gasteiger partial charge in [0.25, 0.3) is 5.91 Å². The van der Waals surface area contributed by atoms with Crippen molar-refractivity contribution in [1.82, 2.24) is 9.88 Å². The lowest BCUT2D eigenvalue weighted by atomic mass is 10.1. The van der Waals surface area contributed by atoms with Crippen LogP contribution in [0.25, 0.3) is 6.08 Å². The van der Waals surface area contributed by atoms with E-state index in [9.17, 15) is 14.9 Å². The van der Waals surface area contributed by atoms with Gasteiger partial charge in [0, 0.05) is 31.1 Å². The lowest BCUT2D eigenvalue weighted by Crippen LogP contribution is -2.38. The number of carbonyl (C=O) groups excluding carboxylic acids is 2. The Kier molecular flexibility index (Phi) is 9.46. The molecule has 0 saturated heterocycles. The summed E-state index contributed by atoms with van der Waals surface area (Å²) in [5.74, 6) is -0.673. The number of hydrogen-bond donors (Lipinski definition) is 1. The van der Waals surface area contributed by atoms with E-state index in [0.29, 0.717) is 12.5 Å². The third-order valence-corrected chi connectivity index (χ3v) is 4.34. The second kappa shape index (κ2) is 11.3. The maximum atomic E-state index is 12.2. The summed E-state index contributed by atoms with van der Waals surface area (Å²) in [5, 5.41) is 12.0. The van der Waals surface area contributed by atoms with Crippen LogP contribution in [0.4, 0.5) is 0 Å². The number of nitrogens with one attached hydrogen (secondary N) is 1. The Morgan fingerprint density at radius 1 is 1.32 bits per heavy atom. The van der Waals surface area contributed by atoms with E-state index in [-0.39, 0.29) is 11.6 Å². The molecule has 1 rings (SSSR count). The van der Waals surface area contributed by atoms with Gasteiger partial charge in [0.15, 0.2) is 6.61 Å². The largest absolute Gasteiger partial charge is 0.451 e. The van der Waals surface area contributed by atoms with Crippen molar-refractivity contribution in [2.45, 2.75) is 53.6 Å². The third-order valence-electron chi connectivity index (χ3n) is 4.34. The van der Waals surface area contributed by atoms with Crippen LogP contribution < -0.4 is 5.32 Å². The molecule has 7 heteroatoms. The van der Waals surface area contributed by atoms with Crippen LogP contribution >= 0.6 is 0 Å². The van der Waals surface area contributed by atoms with Crippen molar-refractivity contribution >= 4 is 18.0 Å². The Hall–Kier alpha value is -2.59. The number of carbonyl (C=O) groups is 2. The molecule has 1 aromatic rings. The average molecular weight is 389 g/mol. The summed E-state index contributed by atoms with van der Waals surface area (Å²) in [6.45, 7) is 10.9. The Labute approximate surface area is 167 Å². The fourth-order valence-corrected chi connectivity index (χ4v) is 2.81. The van der Waals surface area contributed by atoms with Gasteiger partial charge >= 0.3 is 5.97 Å². The van der Waals surface area contributed by atoms with Crippen molar-refractivity contribution in [2.75, 3.05) is 20.3 Å². The Balaban J connectivity index is 2.80. The van der Waals surface area contributed by atoms with Gasteiger partial charge in [0.05, 0.1) is 6.61 Å². The van der Waals surface area contributed by atoms with Crippen molar-refractivity contribution in [1.29, 1.82) is 5.26 Å². The molecule has 0 bridgehead atoms. The molecule has 1 aromatic heterocycles. The quantitative estimate of drug-likeness (QED) is 0.377. The third kappa shape index (κ3) is 7.20. The van der Waals surface area contributed by atoms with E-state index < -0.39 is 18.5 Å². The predicted molar refractivity (Wildman–Crippen MR) is 107 cm³/mol. The van der Waals surface area contributed by atoms with Gasteiger partial charge in [-0.2, -0.15) is 5.26 Å².